The van der Waals surface area contributed by atoms with E-state index in [-0.39, 0.29) is 5.41 Å². The third kappa shape index (κ3) is 2.24. The van der Waals surface area contributed by atoms with Crippen LogP contribution in [0.3, 0.4) is 0 Å². The van der Waals surface area contributed by atoms with Gasteiger partial charge in [-0.2, -0.15) is 0 Å². The molecule has 0 atom stereocenters. The maximum atomic E-state index is 12.2. The van der Waals surface area contributed by atoms with Gasteiger partial charge in [-0.25, -0.2) is 0 Å². The van der Waals surface area contributed by atoms with Crippen LogP contribution in [0.2, 0.25) is 0 Å². The number of hydrogen-bond acceptors (Lipinski definition) is 2. The maximum Gasteiger partial charge on any atom is 0.223 e. The molecular weight excluding hydrogens is 200 g/mol. The van der Waals surface area contributed by atoms with E-state index >= 15 is 0 Å². The molecule has 0 bridgehead atoms. The van der Waals surface area contributed by atoms with E-state index < -0.39 is 0 Å². The highest BCUT2D eigenvalue weighted by atomic mass is 16.2. The van der Waals surface area contributed by atoms with Crippen LogP contribution in [-0.2, 0) is 4.79 Å². The summed E-state index contributed by atoms with van der Waals surface area (Å²) in [7, 11) is 1.97. The van der Waals surface area contributed by atoms with E-state index in [1.165, 1.54) is 32.1 Å². The zero-order valence-electron chi connectivity index (χ0n) is 10.4. The minimum Gasteiger partial charge on any atom is -0.343 e. The zero-order valence-corrected chi connectivity index (χ0v) is 10.4. The SMILES string of the molecule is CN(C(=O)CC1(CN)CCC1)C1CCCC1. The van der Waals surface area contributed by atoms with Crippen molar-refractivity contribution in [3.8, 4) is 0 Å². The molecule has 0 aliphatic heterocycles. The van der Waals surface area contributed by atoms with E-state index in [0.717, 1.165) is 12.8 Å². The first-order valence-electron chi connectivity index (χ1n) is 6.63. The fraction of sp³-hybridized carbons (Fsp3) is 0.923. The first kappa shape index (κ1) is 11.9. The molecule has 0 spiro atoms. The number of nitrogens with two attached hydrogens (primary N) is 1. The Morgan fingerprint density at radius 3 is 2.38 bits per heavy atom. The van der Waals surface area contributed by atoms with Crippen LogP contribution >= 0.6 is 0 Å². The molecular formula is C13H24N2O. The Balaban J connectivity index is 1.86. The lowest BCUT2D eigenvalue weighted by Gasteiger charge is -2.41. The van der Waals surface area contributed by atoms with Gasteiger partial charge in [-0.15, -0.1) is 0 Å². The molecule has 3 heteroatoms. The number of rotatable bonds is 4. The normalized spacial score (nSPS) is 24.1. The smallest absolute Gasteiger partial charge is 0.223 e. The van der Waals surface area contributed by atoms with Gasteiger partial charge in [-0.05, 0) is 37.6 Å². The van der Waals surface area contributed by atoms with E-state index in [4.69, 9.17) is 5.73 Å². The van der Waals surface area contributed by atoms with Crippen molar-refractivity contribution in [2.24, 2.45) is 11.1 Å². The monoisotopic (exact) mass is 224 g/mol. The summed E-state index contributed by atoms with van der Waals surface area (Å²) in [6, 6.07) is 0.502. The molecule has 0 aromatic heterocycles. The molecule has 16 heavy (non-hydrogen) atoms. The molecule has 0 radical (unpaired) electrons. The third-order valence-electron chi connectivity index (χ3n) is 4.64. The predicted molar refractivity (Wildman–Crippen MR) is 65.0 cm³/mol. The minimum absolute atomic E-state index is 0.157. The molecule has 2 aliphatic carbocycles. The van der Waals surface area contributed by atoms with Crippen LogP contribution in [0.5, 0.6) is 0 Å². The van der Waals surface area contributed by atoms with Gasteiger partial charge in [-0.3, -0.25) is 4.79 Å². The summed E-state index contributed by atoms with van der Waals surface area (Å²) in [5.41, 5.74) is 5.96. The lowest BCUT2D eigenvalue weighted by atomic mass is 9.66. The summed E-state index contributed by atoms with van der Waals surface area (Å²) < 4.78 is 0. The largest absolute Gasteiger partial charge is 0.343 e. The molecule has 2 N–H and O–H groups in total. The average molecular weight is 224 g/mol. The molecule has 2 aliphatic rings. The molecule has 3 nitrogen and oxygen atoms in total. The van der Waals surface area contributed by atoms with Crippen molar-refractivity contribution < 1.29 is 4.79 Å². The molecule has 1 amide bonds. The van der Waals surface area contributed by atoms with Gasteiger partial charge >= 0.3 is 0 Å². The van der Waals surface area contributed by atoms with Gasteiger partial charge in [0.1, 0.15) is 0 Å². The number of carbonyl (C=O) groups is 1. The molecule has 0 unspecified atom stereocenters. The summed E-state index contributed by atoms with van der Waals surface area (Å²) in [4.78, 5) is 14.2. The Morgan fingerprint density at radius 2 is 1.94 bits per heavy atom. The summed E-state index contributed by atoms with van der Waals surface area (Å²) in [5.74, 6) is 0.317. The second-order valence-corrected chi connectivity index (χ2v) is 5.68. The molecule has 0 aromatic rings. The van der Waals surface area contributed by atoms with Crippen molar-refractivity contribution in [3.63, 3.8) is 0 Å². The number of carbonyl (C=O) groups excluding carboxylic acids is 1. The number of amides is 1. The standard InChI is InChI=1S/C13H24N2O/c1-15(11-5-2-3-6-11)12(16)9-13(10-14)7-4-8-13/h11H,2-10,14H2,1H3. The van der Waals surface area contributed by atoms with Crippen molar-refractivity contribution in [3.05, 3.63) is 0 Å². The molecule has 2 saturated carbocycles. The first-order valence-corrected chi connectivity index (χ1v) is 6.63. The van der Waals surface area contributed by atoms with Gasteiger partial charge in [-0.1, -0.05) is 19.3 Å². The van der Waals surface area contributed by atoms with Crippen molar-refractivity contribution in [1.82, 2.24) is 4.90 Å². The van der Waals surface area contributed by atoms with E-state index in [1.807, 2.05) is 11.9 Å². The Kier molecular flexibility index (Phi) is 3.53. The van der Waals surface area contributed by atoms with Crippen LogP contribution in [0, 0.1) is 5.41 Å². The Hall–Kier alpha value is -0.570. The highest BCUT2D eigenvalue weighted by Gasteiger charge is 2.39. The molecule has 0 heterocycles. The Labute approximate surface area is 98.4 Å². The summed E-state index contributed by atoms with van der Waals surface area (Å²) >= 11 is 0. The van der Waals surface area contributed by atoms with Gasteiger partial charge in [0.15, 0.2) is 0 Å². The lowest BCUT2D eigenvalue weighted by molar-refractivity contribution is -0.135. The highest BCUT2D eigenvalue weighted by molar-refractivity contribution is 5.77. The fourth-order valence-electron chi connectivity index (χ4n) is 3.07. The quantitative estimate of drug-likeness (QED) is 0.793. The summed E-state index contributed by atoms with van der Waals surface area (Å²) in [6.45, 7) is 0.678. The second kappa shape index (κ2) is 4.74. The van der Waals surface area contributed by atoms with Crippen LogP contribution in [0.4, 0.5) is 0 Å². The summed E-state index contributed by atoms with van der Waals surface area (Å²) in [6.07, 6.45) is 9.17. The number of nitrogens with zero attached hydrogens (tertiary/aromatic N) is 1. The topological polar surface area (TPSA) is 46.3 Å². The van der Waals surface area contributed by atoms with Crippen LogP contribution < -0.4 is 5.73 Å². The van der Waals surface area contributed by atoms with Crippen LogP contribution in [0.25, 0.3) is 0 Å². The van der Waals surface area contributed by atoms with E-state index in [1.54, 1.807) is 0 Å². The molecule has 0 aromatic carbocycles. The van der Waals surface area contributed by atoms with Crippen LogP contribution in [0.15, 0.2) is 0 Å². The van der Waals surface area contributed by atoms with Crippen LogP contribution in [-0.4, -0.2) is 30.4 Å². The lowest BCUT2D eigenvalue weighted by Crippen LogP contribution is -2.44. The average Bonchev–Trinajstić information content (AvgIpc) is 2.75. The maximum absolute atomic E-state index is 12.2. The molecule has 0 saturated heterocycles. The van der Waals surface area contributed by atoms with Crippen molar-refractivity contribution in [2.45, 2.75) is 57.4 Å². The predicted octanol–water partition coefficient (Wildman–Crippen LogP) is 1.91. The first-order chi connectivity index (χ1) is 7.67. The van der Waals surface area contributed by atoms with Crippen molar-refractivity contribution in [2.75, 3.05) is 13.6 Å². The fourth-order valence-corrected chi connectivity index (χ4v) is 3.07. The van der Waals surface area contributed by atoms with Crippen molar-refractivity contribution >= 4 is 5.91 Å². The van der Waals surface area contributed by atoms with E-state index in [0.29, 0.717) is 24.9 Å². The Morgan fingerprint density at radius 1 is 1.31 bits per heavy atom. The van der Waals surface area contributed by atoms with Crippen molar-refractivity contribution in [1.29, 1.82) is 0 Å². The van der Waals surface area contributed by atoms with Gasteiger partial charge in [0.2, 0.25) is 5.91 Å². The second-order valence-electron chi connectivity index (χ2n) is 5.68. The third-order valence-corrected chi connectivity index (χ3v) is 4.64. The highest BCUT2D eigenvalue weighted by Crippen LogP contribution is 2.43. The van der Waals surface area contributed by atoms with Gasteiger partial charge in [0.05, 0.1) is 0 Å². The van der Waals surface area contributed by atoms with Gasteiger partial charge in [0, 0.05) is 19.5 Å². The summed E-state index contributed by atoms with van der Waals surface area (Å²) in [5, 5.41) is 0. The Bertz CT molecular complexity index is 249. The van der Waals surface area contributed by atoms with E-state index in [9.17, 15) is 4.79 Å². The molecule has 92 valence electrons. The van der Waals surface area contributed by atoms with Gasteiger partial charge < -0.3 is 10.6 Å². The van der Waals surface area contributed by atoms with Crippen LogP contribution in [0.1, 0.15) is 51.4 Å². The molecule has 2 fully saturated rings. The van der Waals surface area contributed by atoms with Gasteiger partial charge in [0.25, 0.3) is 0 Å². The number of hydrogen-bond donors (Lipinski definition) is 1. The molecule has 2 rings (SSSR count). The minimum atomic E-state index is 0.157. The van der Waals surface area contributed by atoms with E-state index in [2.05, 4.69) is 0 Å². The zero-order chi connectivity index (χ0) is 11.6.